The van der Waals surface area contributed by atoms with Crippen LogP contribution in [0, 0.1) is 5.41 Å². The fraction of sp³-hybridized carbons (Fsp3) is 0.727. The first-order valence-corrected chi connectivity index (χ1v) is 5.60. The third-order valence-corrected chi connectivity index (χ3v) is 3.14. The van der Waals surface area contributed by atoms with Gasteiger partial charge in [-0.2, -0.15) is 0 Å². The van der Waals surface area contributed by atoms with Crippen LogP contribution in [-0.4, -0.2) is 47.5 Å². The summed E-state index contributed by atoms with van der Waals surface area (Å²) in [4.78, 5) is 35.7. The van der Waals surface area contributed by atoms with Gasteiger partial charge in [0.05, 0.1) is 6.61 Å². The minimum atomic E-state index is -1.48. The maximum absolute atomic E-state index is 11.7. The quantitative estimate of drug-likeness (QED) is 0.568. The normalized spacial score (nSPS) is 18.6. The third kappa shape index (κ3) is 2.57. The molecule has 1 N–H and O–H groups in total. The van der Waals surface area contributed by atoms with Crippen LogP contribution >= 0.6 is 0 Å². The maximum Gasteiger partial charge on any atom is 0.323 e. The lowest BCUT2D eigenvalue weighted by Gasteiger charge is -2.36. The van der Waals surface area contributed by atoms with E-state index in [0.29, 0.717) is 0 Å². The minimum Gasteiger partial charge on any atom is -0.480 e. The average molecular weight is 243 g/mol. The summed E-state index contributed by atoms with van der Waals surface area (Å²) in [5.74, 6) is -1.97. The van der Waals surface area contributed by atoms with E-state index in [9.17, 15) is 19.5 Å². The molecule has 0 bridgehead atoms. The summed E-state index contributed by atoms with van der Waals surface area (Å²) in [6, 6.07) is 0. The molecule has 0 unspecified atom stereocenters. The molecule has 96 valence electrons. The lowest BCUT2D eigenvalue weighted by atomic mass is 9.78. The van der Waals surface area contributed by atoms with E-state index in [-0.39, 0.29) is 38.4 Å². The molecule has 0 saturated carbocycles. The summed E-state index contributed by atoms with van der Waals surface area (Å²) >= 11 is 0. The number of hydrogen-bond acceptors (Lipinski definition) is 4. The van der Waals surface area contributed by atoms with Crippen LogP contribution in [0.4, 0.5) is 0 Å². The molecule has 1 fully saturated rings. The molecule has 1 heterocycles. The number of ether oxygens (including phenoxy) is 1. The molecule has 17 heavy (non-hydrogen) atoms. The molecule has 1 aliphatic rings. The summed E-state index contributed by atoms with van der Waals surface area (Å²) in [5.41, 5.74) is -1.48. The van der Waals surface area contributed by atoms with Crippen molar-refractivity contribution in [2.24, 2.45) is 5.41 Å². The first kappa shape index (κ1) is 13.5. The highest BCUT2D eigenvalue weighted by Gasteiger charge is 2.49. The molecule has 0 aliphatic carbocycles. The number of rotatable bonds is 3. The Bertz CT molecular complexity index is 331. The van der Waals surface area contributed by atoms with Gasteiger partial charge in [0, 0.05) is 20.0 Å². The topological polar surface area (TPSA) is 83.9 Å². The van der Waals surface area contributed by atoms with Crippen molar-refractivity contribution in [2.75, 3.05) is 19.7 Å². The summed E-state index contributed by atoms with van der Waals surface area (Å²) in [7, 11) is 0. The van der Waals surface area contributed by atoms with Gasteiger partial charge in [-0.05, 0) is 19.8 Å². The Morgan fingerprint density at radius 3 is 2.18 bits per heavy atom. The predicted octanol–water partition coefficient (Wildman–Crippen LogP) is 0.263. The second kappa shape index (κ2) is 5.16. The van der Waals surface area contributed by atoms with Crippen molar-refractivity contribution in [2.45, 2.75) is 26.7 Å². The van der Waals surface area contributed by atoms with Crippen LogP contribution in [0.5, 0.6) is 0 Å². The summed E-state index contributed by atoms with van der Waals surface area (Å²) in [5, 5.41) is 9.21. The Balaban J connectivity index is 2.80. The molecule has 1 rings (SSSR count). The maximum atomic E-state index is 11.7. The van der Waals surface area contributed by atoms with E-state index in [1.165, 1.54) is 6.92 Å². The van der Waals surface area contributed by atoms with Gasteiger partial charge in [-0.3, -0.25) is 14.4 Å². The van der Waals surface area contributed by atoms with Crippen LogP contribution in [0.3, 0.4) is 0 Å². The SMILES string of the molecule is CCOC(=O)C1(C(=O)O)CCN(C(C)=O)CC1. The van der Waals surface area contributed by atoms with Crippen LogP contribution in [0.25, 0.3) is 0 Å². The number of likely N-dealkylation sites (tertiary alicyclic amines) is 1. The summed E-state index contributed by atoms with van der Waals surface area (Å²) in [6.07, 6.45) is 0.224. The van der Waals surface area contributed by atoms with Crippen LogP contribution in [0.1, 0.15) is 26.7 Å². The number of carboxylic acid groups (broad SMARTS) is 1. The van der Waals surface area contributed by atoms with Gasteiger partial charge in [0.25, 0.3) is 0 Å². The Kier molecular flexibility index (Phi) is 4.09. The first-order chi connectivity index (χ1) is 7.94. The predicted molar refractivity (Wildman–Crippen MR) is 58.2 cm³/mol. The number of carbonyl (C=O) groups excluding carboxylic acids is 2. The van der Waals surface area contributed by atoms with Crippen LogP contribution in [-0.2, 0) is 19.1 Å². The zero-order valence-corrected chi connectivity index (χ0v) is 10.1. The Labute approximate surface area is 99.5 Å². The van der Waals surface area contributed by atoms with E-state index >= 15 is 0 Å². The fourth-order valence-electron chi connectivity index (χ4n) is 1.98. The van der Waals surface area contributed by atoms with Gasteiger partial charge in [0.2, 0.25) is 5.91 Å². The van der Waals surface area contributed by atoms with Crippen LogP contribution in [0.2, 0.25) is 0 Å². The van der Waals surface area contributed by atoms with Gasteiger partial charge in [-0.1, -0.05) is 0 Å². The van der Waals surface area contributed by atoms with Crippen LogP contribution in [0.15, 0.2) is 0 Å². The minimum absolute atomic E-state index is 0.104. The highest BCUT2D eigenvalue weighted by Crippen LogP contribution is 2.33. The van der Waals surface area contributed by atoms with Crippen molar-refractivity contribution in [1.82, 2.24) is 4.90 Å². The summed E-state index contributed by atoms with van der Waals surface area (Å²) < 4.78 is 4.82. The smallest absolute Gasteiger partial charge is 0.323 e. The highest BCUT2D eigenvalue weighted by molar-refractivity contribution is 5.99. The number of esters is 1. The highest BCUT2D eigenvalue weighted by atomic mass is 16.5. The molecule has 6 nitrogen and oxygen atoms in total. The molecule has 0 aromatic heterocycles. The Hall–Kier alpha value is -1.59. The summed E-state index contributed by atoms with van der Waals surface area (Å²) in [6.45, 7) is 3.78. The number of carbonyl (C=O) groups is 3. The van der Waals surface area contributed by atoms with Crippen molar-refractivity contribution < 1.29 is 24.2 Å². The molecule has 1 aliphatic heterocycles. The number of hydrogen-bond donors (Lipinski definition) is 1. The third-order valence-electron chi connectivity index (χ3n) is 3.14. The van der Waals surface area contributed by atoms with Crippen molar-refractivity contribution >= 4 is 17.8 Å². The molecule has 1 saturated heterocycles. The largest absolute Gasteiger partial charge is 0.480 e. The van der Waals surface area contributed by atoms with Crippen molar-refractivity contribution in [3.05, 3.63) is 0 Å². The second-order valence-corrected chi connectivity index (χ2v) is 4.11. The monoisotopic (exact) mass is 243 g/mol. The van der Waals surface area contributed by atoms with E-state index in [1.807, 2.05) is 0 Å². The number of nitrogens with zero attached hydrogens (tertiary/aromatic N) is 1. The molecule has 0 radical (unpaired) electrons. The molecule has 0 atom stereocenters. The van der Waals surface area contributed by atoms with E-state index in [2.05, 4.69) is 0 Å². The molecule has 0 aromatic carbocycles. The van der Waals surface area contributed by atoms with Crippen molar-refractivity contribution in [3.63, 3.8) is 0 Å². The van der Waals surface area contributed by atoms with Gasteiger partial charge in [-0.15, -0.1) is 0 Å². The van der Waals surface area contributed by atoms with Gasteiger partial charge in [0.15, 0.2) is 5.41 Å². The van der Waals surface area contributed by atoms with Gasteiger partial charge in [0.1, 0.15) is 0 Å². The van der Waals surface area contributed by atoms with E-state index in [0.717, 1.165) is 0 Å². The lowest BCUT2D eigenvalue weighted by Crippen LogP contribution is -2.50. The lowest BCUT2D eigenvalue weighted by molar-refractivity contribution is -0.173. The van der Waals surface area contributed by atoms with Gasteiger partial charge in [-0.25, -0.2) is 0 Å². The van der Waals surface area contributed by atoms with Crippen LogP contribution < -0.4 is 0 Å². The van der Waals surface area contributed by atoms with Gasteiger partial charge >= 0.3 is 11.9 Å². The zero-order valence-electron chi connectivity index (χ0n) is 10.1. The molecular weight excluding hydrogens is 226 g/mol. The van der Waals surface area contributed by atoms with Crippen molar-refractivity contribution in [3.8, 4) is 0 Å². The standard InChI is InChI=1S/C11H17NO5/c1-3-17-10(16)11(9(14)15)4-6-12(7-5-11)8(2)13/h3-7H2,1-2H3,(H,14,15). The Morgan fingerprint density at radius 1 is 1.29 bits per heavy atom. The van der Waals surface area contributed by atoms with E-state index in [4.69, 9.17) is 4.74 Å². The first-order valence-electron chi connectivity index (χ1n) is 5.60. The van der Waals surface area contributed by atoms with E-state index < -0.39 is 17.4 Å². The molecule has 6 heteroatoms. The zero-order chi connectivity index (χ0) is 13.1. The van der Waals surface area contributed by atoms with E-state index in [1.54, 1.807) is 11.8 Å². The molecule has 0 aromatic rings. The number of amides is 1. The molecular formula is C11H17NO5. The molecule has 0 spiro atoms. The Morgan fingerprint density at radius 2 is 1.82 bits per heavy atom. The number of aliphatic carboxylic acids is 1. The van der Waals surface area contributed by atoms with Gasteiger partial charge < -0.3 is 14.7 Å². The number of piperidine rings is 1. The van der Waals surface area contributed by atoms with Crippen molar-refractivity contribution in [1.29, 1.82) is 0 Å². The second-order valence-electron chi connectivity index (χ2n) is 4.11. The average Bonchev–Trinajstić information content (AvgIpc) is 2.29. The fourth-order valence-corrected chi connectivity index (χ4v) is 1.98. The molecule has 1 amide bonds. The number of carboxylic acids is 1.